The van der Waals surface area contributed by atoms with Crippen molar-refractivity contribution in [2.75, 3.05) is 5.75 Å². The summed E-state index contributed by atoms with van der Waals surface area (Å²) < 4.78 is 18.3. The quantitative estimate of drug-likeness (QED) is 0.788. The zero-order chi connectivity index (χ0) is 20.3. The summed E-state index contributed by atoms with van der Waals surface area (Å²) in [6.45, 7) is 8.28. The fraction of sp³-hybridized carbons (Fsp3) is 0.545. The first-order valence-electron chi connectivity index (χ1n) is 10.0. The van der Waals surface area contributed by atoms with Gasteiger partial charge in [0.05, 0.1) is 11.4 Å². The van der Waals surface area contributed by atoms with Crippen LogP contribution in [0.15, 0.2) is 28.7 Å². The fourth-order valence-corrected chi connectivity index (χ4v) is 4.82. The van der Waals surface area contributed by atoms with Gasteiger partial charge in [-0.2, -0.15) is 0 Å². The van der Waals surface area contributed by atoms with E-state index in [2.05, 4.69) is 24.1 Å². The molecular weight excluding hydrogens is 372 g/mol. The van der Waals surface area contributed by atoms with Crippen LogP contribution in [0.5, 0.6) is 0 Å². The van der Waals surface area contributed by atoms with Crippen LogP contribution >= 0.6 is 0 Å². The first kappa shape index (κ1) is 20.8. The molecule has 1 aromatic heterocycles. The molecule has 28 heavy (non-hydrogen) atoms. The van der Waals surface area contributed by atoms with E-state index in [9.17, 15) is 9.00 Å². The van der Waals surface area contributed by atoms with Gasteiger partial charge in [0, 0.05) is 22.4 Å². The summed E-state index contributed by atoms with van der Waals surface area (Å²) in [5.41, 5.74) is 2.71. The number of benzene rings is 1. The average molecular weight is 403 g/mol. The Morgan fingerprint density at radius 2 is 1.93 bits per heavy atom. The summed E-state index contributed by atoms with van der Waals surface area (Å²) in [5.74, 6) is 2.35. The van der Waals surface area contributed by atoms with Gasteiger partial charge in [-0.05, 0) is 44.2 Å². The number of carbonyl (C=O) groups excluding carboxylic acids is 1. The van der Waals surface area contributed by atoms with E-state index < -0.39 is 10.8 Å². The Morgan fingerprint density at radius 3 is 2.64 bits per heavy atom. The number of amides is 1. The summed E-state index contributed by atoms with van der Waals surface area (Å²) >= 11 is 0. The lowest BCUT2D eigenvalue weighted by Crippen LogP contribution is -2.45. The molecule has 1 amide bonds. The lowest BCUT2D eigenvalue weighted by molar-refractivity contribution is -0.120. The van der Waals surface area contributed by atoms with E-state index in [4.69, 9.17) is 4.42 Å². The molecule has 1 N–H and O–H groups in total. The van der Waals surface area contributed by atoms with Crippen molar-refractivity contribution in [3.05, 3.63) is 41.3 Å². The van der Waals surface area contributed by atoms with E-state index in [1.807, 2.05) is 38.1 Å². The smallest absolute Gasteiger partial charge is 0.232 e. The standard InChI is InChI=1S/C22H30N2O3S/c1-14-8-10-18(11-9-14)22-24-20(17(4)27-22)12-28(26)13-21(25)23-19-7-5-6-15(2)16(19)3/h8-11,15-16,19H,5-7,12-13H2,1-4H3,(H,23,25)/t15-,16+,19-,28+/m1/s1. The summed E-state index contributed by atoms with van der Waals surface area (Å²) in [4.78, 5) is 16.9. The average Bonchev–Trinajstić information content (AvgIpc) is 3.00. The molecule has 6 heteroatoms. The lowest BCUT2D eigenvalue weighted by Gasteiger charge is -2.34. The van der Waals surface area contributed by atoms with Crippen molar-refractivity contribution in [2.24, 2.45) is 11.8 Å². The van der Waals surface area contributed by atoms with Crippen LogP contribution in [-0.4, -0.2) is 26.9 Å². The number of hydrogen-bond acceptors (Lipinski definition) is 4. The van der Waals surface area contributed by atoms with Gasteiger partial charge in [0.25, 0.3) is 0 Å². The molecule has 1 aliphatic carbocycles. The highest BCUT2D eigenvalue weighted by molar-refractivity contribution is 7.84. The van der Waals surface area contributed by atoms with Gasteiger partial charge in [-0.1, -0.05) is 44.4 Å². The number of carbonyl (C=O) groups is 1. The minimum Gasteiger partial charge on any atom is -0.441 e. The fourth-order valence-electron chi connectivity index (χ4n) is 3.77. The molecule has 5 nitrogen and oxygen atoms in total. The maximum absolute atomic E-state index is 12.5. The first-order valence-corrected chi connectivity index (χ1v) is 11.5. The highest BCUT2D eigenvalue weighted by Gasteiger charge is 2.28. The van der Waals surface area contributed by atoms with Gasteiger partial charge < -0.3 is 9.73 Å². The topological polar surface area (TPSA) is 72.2 Å². The monoisotopic (exact) mass is 402 g/mol. The normalized spacial score (nSPS) is 23.4. The van der Waals surface area contributed by atoms with Gasteiger partial charge in [-0.3, -0.25) is 9.00 Å². The second-order valence-electron chi connectivity index (χ2n) is 8.06. The SMILES string of the molecule is Cc1ccc(-c2nc(C[S@](=O)CC(=O)N[C@@H]3CCC[C@@H](C)[C@@H]3C)c(C)o2)cc1. The van der Waals surface area contributed by atoms with Crippen molar-refractivity contribution in [1.82, 2.24) is 10.3 Å². The lowest BCUT2D eigenvalue weighted by atomic mass is 9.78. The highest BCUT2D eigenvalue weighted by atomic mass is 32.2. The van der Waals surface area contributed by atoms with Gasteiger partial charge >= 0.3 is 0 Å². The minimum atomic E-state index is -1.32. The number of nitrogens with zero attached hydrogens (tertiary/aromatic N) is 1. The zero-order valence-electron chi connectivity index (χ0n) is 17.2. The summed E-state index contributed by atoms with van der Waals surface area (Å²) in [6.07, 6.45) is 3.36. The van der Waals surface area contributed by atoms with Gasteiger partial charge in [0.1, 0.15) is 11.5 Å². The molecular formula is C22H30N2O3S. The Kier molecular flexibility index (Phi) is 6.70. The van der Waals surface area contributed by atoms with Gasteiger partial charge in [0.15, 0.2) is 0 Å². The van der Waals surface area contributed by atoms with Crippen LogP contribution in [0.25, 0.3) is 11.5 Å². The van der Waals surface area contributed by atoms with Crippen LogP contribution in [0.2, 0.25) is 0 Å². The molecule has 0 saturated heterocycles. The Hall–Kier alpha value is -1.95. The third kappa shape index (κ3) is 5.10. The molecule has 2 aromatic rings. The number of rotatable bonds is 6. The number of oxazole rings is 1. The number of hydrogen-bond donors (Lipinski definition) is 1. The van der Waals surface area contributed by atoms with Crippen LogP contribution in [0.3, 0.4) is 0 Å². The van der Waals surface area contributed by atoms with Crippen LogP contribution in [0.4, 0.5) is 0 Å². The molecule has 0 spiro atoms. The van der Waals surface area contributed by atoms with Crippen LogP contribution < -0.4 is 5.32 Å². The summed E-state index contributed by atoms with van der Waals surface area (Å²) in [7, 11) is -1.32. The Labute approximate surface area is 169 Å². The van der Waals surface area contributed by atoms with E-state index in [1.165, 1.54) is 12.0 Å². The Bertz CT molecular complexity index is 844. The number of aromatic nitrogens is 1. The first-order chi connectivity index (χ1) is 13.3. The minimum absolute atomic E-state index is 0.00374. The summed E-state index contributed by atoms with van der Waals surface area (Å²) in [5, 5.41) is 3.09. The van der Waals surface area contributed by atoms with Crippen molar-refractivity contribution in [1.29, 1.82) is 0 Å². The van der Waals surface area contributed by atoms with Crippen molar-refractivity contribution in [3.63, 3.8) is 0 Å². The molecule has 4 atom stereocenters. The summed E-state index contributed by atoms with van der Waals surface area (Å²) in [6, 6.07) is 8.12. The van der Waals surface area contributed by atoms with Crippen molar-refractivity contribution in [2.45, 2.75) is 58.8 Å². The molecule has 0 bridgehead atoms. The van der Waals surface area contributed by atoms with E-state index in [0.717, 1.165) is 18.4 Å². The number of aryl methyl sites for hydroxylation is 2. The maximum atomic E-state index is 12.5. The van der Waals surface area contributed by atoms with E-state index in [1.54, 1.807) is 0 Å². The van der Waals surface area contributed by atoms with Gasteiger partial charge in [0.2, 0.25) is 11.8 Å². The van der Waals surface area contributed by atoms with Crippen LogP contribution in [0.1, 0.15) is 50.1 Å². The predicted molar refractivity (Wildman–Crippen MR) is 112 cm³/mol. The van der Waals surface area contributed by atoms with Gasteiger partial charge in [-0.15, -0.1) is 0 Å². The zero-order valence-corrected chi connectivity index (χ0v) is 18.0. The molecule has 1 aromatic carbocycles. The molecule has 0 unspecified atom stereocenters. The Morgan fingerprint density at radius 1 is 1.21 bits per heavy atom. The second-order valence-corrected chi connectivity index (χ2v) is 9.51. The Balaban J connectivity index is 1.57. The van der Waals surface area contributed by atoms with Crippen LogP contribution in [0, 0.1) is 25.7 Å². The van der Waals surface area contributed by atoms with Crippen molar-refractivity contribution >= 4 is 16.7 Å². The molecule has 0 aliphatic heterocycles. The van der Waals surface area contributed by atoms with E-state index in [-0.39, 0.29) is 23.5 Å². The van der Waals surface area contributed by atoms with E-state index >= 15 is 0 Å². The van der Waals surface area contributed by atoms with Crippen molar-refractivity contribution in [3.8, 4) is 11.5 Å². The van der Waals surface area contributed by atoms with E-state index in [0.29, 0.717) is 29.2 Å². The molecule has 3 rings (SSSR count). The second kappa shape index (κ2) is 9.03. The third-order valence-corrected chi connectivity index (χ3v) is 7.01. The molecule has 1 saturated carbocycles. The molecule has 1 aliphatic rings. The molecule has 1 heterocycles. The van der Waals surface area contributed by atoms with Crippen LogP contribution in [-0.2, 0) is 21.3 Å². The predicted octanol–water partition coefficient (Wildman–Crippen LogP) is 4.15. The molecule has 1 fully saturated rings. The third-order valence-electron chi connectivity index (χ3n) is 5.83. The van der Waals surface area contributed by atoms with Crippen molar-refractivity contribution < 1.29 is 13.4 Å². The maximum Gasteiger partial charge on any atom is 0.232 e. The number of nitrogens with one attached hydrogen (secondary N) is 1. The molecule has 152 valence electrons. The molecule has 0 radical (unpaired) electrons. The highest BCUT2D eigenvalue weighted by Crippen LogP contribution is 2.29. The van der Waals surface area contributed by atoms with Gasteiger partial charge in [-0.25, -0.2) is 4.98 Å². The largest absolute Gasteiger partial charge is 0.441 e.